The molecule has 0 unspecified atom stereocenters. The van der Waals surface area contributed by atoms with Gasteiger partial charge in [0.05, 0.1) is 12.3 Å². The summed E-state index contributed by atoms with van der Waals surface area (Å²) < 4.78 is 13.7. The Morgan fingerprint density at radius 1 is 1.50 bits per heavy atom. The molecule has 2 N–H and O–H groups in total. The molecule has 0 radical (unpaired) electrons. The normalized spacial score (nSPS) is 9.92. The van der Waals surface area contributed by atoms with Gasteiger partial charge in [0, 0.05) is 11.0 Å². The second kappa shape index (κ2) is 4.42. The Labute approximate surface area is 78.5 Å². The van der Waals surface area contributed by atoms with Crippen LogP contribution in [0.25, 0.3) is 0 Å². The molecule has 1 aromatic rings. The van der Waals surface area contributed by atoms with Gasteiger partial charge in [-0.3, -0.25) is 0 Å². The van der Waals surface area contributed by atoms with Crippen molar-refractivity contribution >= 4 is 21.6 Å². The Morgan fingerprint density at radius 2 is 2.25 bits per heavy atom. The van der Waals surface area contributed by atoms with Crippen molar-refractivity contribution in [2.45, 2.75) is 0 Å². The summed E-state index contributed by atoms with van der Waals surface area (Å²) in [5.41, 5.74) is 0.401. The first-order chi connectivity index (χ1) is 5.74. The lowest BCUT2D eigenvalue weighted by Gasteiger charge is -2.05. The van der Waals surface area contributed by atoms with Crippen LogP contribution >= 0.6 is 15.9 Å². The van der Waals surface area contributed by atoms with Gasteiger partial charge >= 0.3 is 0 Å². The van der Waals surface area contributed by atoms with Crippen LogP contribution in [0.4, 0.5) is 10.1 Å². The highest BCUT2D eigenvalue weighted by molar-refractivity contribution is 9.10. The molecule has 0 heterocycles. The van der Waals surface area contributed by atoms with E-state index in [-0.39, 0.29) is 12.4 Å². The maximum atomic E-state index is 12.9. The number of aliphatic hydroxyl groups is 1. The lowest BCUT2D eigenvalue weighted by molar-refractivity contribution is 0.311. The number of nitrogens with one attached hydrogen (secondary N) is 1. The van der Waals surface area contributed by atoms with Crippen LogP contribution in [0.3, 0.4) is 0 Å². The molecule has 0 bridgehead atoms. The Bertz CT molecular complexity index is 267. The highest BCUT2D eigenvalue weighted by Crippen LogP contribution is 2.19. The van der Waals surface area contributed by atoms with Crippen LogP contribution in [0.15, 0.2) is 22.7 Å². The SMILES string of the molecule is OCCNc1cc(Br)ccc1F. The number of aliphatic hydroxyl groups excluding tert-OH is 1. The smallest absolute Gasteiger partial charge is 0.146 e. The van der Waals surface area contributed by atoms with E-state index in [0.29, 0.717) is 12.2 Å². The number of benzene rings is 1. The molecule has 0 amide bonds. The Kier molecular flexibility index (Phi) is 3.49. The number of halogens is 2. The van der Waals surface area contributed by atoms with Crippen LogP contribution in [-0.4, -0.2) is 18.3 Å². The molecule has 0 atom stereocenters. The maximum absolute atomic E-state index is 12.9. The zero-order valence-corrected chi connectivity index (χ0v) is 7.94. The average molecular weight is 234 g/mol. The third-order valence-electron chi connectivity index (χ3n) is 1.36. The van der Waals surface area contributed by atoms with Crippen LogP contribution < -0.4 is 5.32 Å². The molecule has 0 spiro atoms. The van der Waals surface area contributed by atoms with Crippen molar-refractivity contribution in [3.63, 3.8) is 0 Å². The fourth-order valence-corrected chi connectivity index (χ4v) is 1.18. The first-order valence-electron chi connectivity index (χ1n) is 3.54. The minimum absolute atomic E-state index is 0.00798. The third-order valence-corrected chi connectivity index (χ3v) is 1.85. The van der Waals surface area contributed by atoms with Gasteiger partial charge in [0.15, 0.2) is 0 Å². The second-order valence-corrected chi connectivity index (χ2v) is 3.19. The number of hydrogen-bond acceptors (Lipinski definition) is 2. The van der Waals surface area contributed by atoms with E-state index >= 15 is 0 Å². The largest absolute Gasteiger partial charge is 0.395 e. The summed E-state index contributed by atoms with van der Waals surface area (Å²) in [5, 5.41) is 11.2. The predicted octanol–water partition coefficient (Wildman–Crippen LogP) is 1.99. The zero-order chi connectivity index (χ0) is 8.97. The first-order valence-corrected chi connectivity index (χ1v) is 4.33. The van der Waals surface area contributed by atoms with Crippen LogP contribution in [-0.2, 0) is 0 Å². The second-order valence-electron chi connectivity index (χ2n) is 2.27. The van der Waals surface area contributed by atoms with E-state index in [1.54, 1.807) is 12.1 Å². The fraction of sp³-hybridized carbons (Fsp3) is 0.250. The first kappa shape index (κ1) is 9.48. The summed E-state index contributed by atoms with van der Waals surface area (Å²) >= 11 is 3.22. The standard InChI is InChI=1S/C8H9BrFNO/c9-6-1-2-7(10)8(5-6)11-3-4-12/h1-2,5,11-12H,3-4H2. The molecule has 1 aromatic carbocycles. The number of hydrogen-bond donors (Lipinski definition) is 2. The predicted molar refractivity (Wildman–Crippen MR) is 49.7 cm³/mol. The van der Waals surface area contributed by atoms with E-state index in [2.05, 4.69) is 21.2 Å². The van der Waals surface area contributed by atoms with Crippen LogP contribution in [0, 0.1) is 5.82 Å². The Balaban J connectivity index is 2.75. The van der Waals surface area contributed by atoms with Crippen molar-refractivity contribution in [2.24, 2.45) is 0 Å². The zero-order valence-electron chi connectivity index (χ0n) is 6.35. The van der Waals surface area contributed by atoms with E-state index in [4.69, 9.17) is 5.11 Å². The summed E-state index contributed by atoms with van der Waals surface area (Å²) in [5.74, 6) is -0.313. The summed E-state index contributed by atoms with van der Waals surface area (Å²) in [6.07, 6.45) is 0. The summed E-state index contributed by atoms with van der Waals surface area (Å²) in [6, 6.07) is 4.62. The van der Waals surface area contributed by atoms with Crippen molar-refractivity contribution in [1.82, 2.24) is 0 Å². The van der Waals surface area contributed by atoms with Gasteiger partial charge in [-0.1, -0.05) is 15.9 Å². The molecular weight excluding hydrogens is 225 g/mol. The van der Waals surface area contributed by atoms with Crippen LogP contribution in [0.2, 0.25) is 0 Å². The lowest BCUT2D eigenvalue weighted by Crippen LogP contribution is -2.06. The van der Waals surface area contributed by atoms with E-state index in [1.807, 2.05) is 0 Å². The van der Waals surface area contributed by atoms with Crippen LogP contribution in [0.1, 0.15) is 0 Å². The maximum Gasteiger partial charge on any atom is 0.146 e. The van der Waals surface area contributed by atoms with Crippen molar-refractivity contribution in [3.8, 4) is 0 Å². The third kappa shape index (κ3) is 2.46. The molecule has 0 aliphatic rings. The molecule has 0 aliphatic heterocycles. The molecule has 0 aromatic heterocycles. The van der Waals surface area contributed by atoms with Gasteiger partial charge in [-0.2, -0.15) is 0 Å². The highest BCUT2D eigenvalue weighted by atomic mass is 79.9. The molecule has 4 heteroatoms. The van der Waals surface area contributed by atoms with E-state index in [1.165, 1.54) is 6.07 Å². The summed E-state index contributed by atoms with van der Waals surface area (Å²) in [7, 11) is 0. The molecule has 0 saturated carbocycles. The number of rotatable bonds is 3. The van der Waals surface area contributed by atoms with Crippen molar-refractivity contribution in [2.75, 3.05) is 18.5 Å². The quantitative estimate of drug-likeness (QED) is 0.838. The summed E-state index contributed by atoms with van der Waals surface area (Å²) in [6.45, 7) is 0.347. The van der Waals surface area contributed by atoms with E-state index in [9.17, 15) is 4.39 Å². The lowest BCUT2D eigenvalue weighted by atomic mass is 10.3. The van der Waals surface area contributed by atoms with Gasteiger partial charge < -0.3 is 10.4 Å². The van der Waals surface area contributed by atoms with Crippen molar-refractivity contribution < 1.29 is 9.50 Å². The monoisotopic (exact) mass is 233 g/mol. The van der Waals surface area contributed by atoms with Crippen molar-refractivity contribution in [3.05, 3.63) is 28.5 Å². The van der Waals surface area contributed by atoms with E-state index < -0.39 is 0 Å². The molecule has 0 aliphatic carbocycles. The molecule has 12 heavy (non-hydrogen) atoms. The minimum Gasteiger partial charge on any atom is -0.395 e. The summed E-state index contributed by atoms with van der Waals surface area (Å²) in [4.78, 5) is 0. The van der Waals surface area contributed by atoms with Gasteiger partial charge in [0.2, 0.25) is 0 Å². The van der Waals surface area contributed by atoms with E-state index in [0.717, 1.165) is 4.47 Å². The molecule has 1 rings (SSSR count). The molecule has 2 nitrogen and oxygen atoms in total. The van der Waals surface area contributed by atoms with Gasteiger partial charge in [-0.15, -0.1) is 0 Å². The Morgan fingerprint density at radius 3 is 2.92 bits per heavy atom. The fourth-order valence-electron chi connectivity index (χ4n) is 0.824. The van der Waals surface area contributed by atoms with Gasteiger partial charge in [0.25, 0.3) is 0 Å². The molecule has 0 saturated heterocycles. The highest BCUT2D eigenvalue weighted by Gasteiger charge is 2.00. The average Bonchev–Trinajstić information content (AvgIpc) is 2.07. The number of anilines is 1. The van der Waals surface area contributed by atoms with Crippen LogP contribution in [0.5, 0.6) is 0 Å². The van der Waals surface area contributed by atoms with Crippen molar-refractivity contribution in [1.29, 1.82) is 0 Å². The van der Waals surface area contributed by atoms with Gasteiger partial charge in [-0.05, 0) is 18.2 Å². The van der Waals surface area contributed by atoms with Gasteiger partial charge in [-0.25, -0.2) is 4.39 Å². The Hall–Kier alpha value is -0.610. The van der Waals surface area contributed by atoms with Gasteiger partial charge in [0.1, 0.15) is 5.82 Å². The molecule has 0 fully saturated rings. The molecular formula is C8H9BrFNO. The minimum atomic E-state index is -0.313. The molecule has 66 valence electrons. The topological polar surface area (TPSA) is 32.3 Å².